The van der Waals surface area contributed by atoms with Crippen molar-refractivity contribution >= 4 is 12.3 Å². The van der Waals surface area contributed by atoms with Gasteiger partial charge in [0, 0.05) is 6.20 Å². The summed E-state index contributed by atoms with van der Waals surface area (Å²) >= 11 is 0. The van der Waals surface area contributed by atoms with Crippen LogP contribution < -0.4 is 4.74 Å². The van der Waals surface area contributed by atoms with E-state index in [-0.39, 0.29) is 23.1 Å². The molecule has 1 aromatic heterocycles. The lowest BCUT2D eigenvalue weighted by atomic mass is 9.89. The topological polar surface area (TPSA) is 65.5 Å². The number of hydrogen-bond donors (Lipinski definition) is 0. The van der Waals surface area contributed by atoms with Gasteiger partial charge in [-0.2, -0.15) is 0 Å². The zero-order valence-corrected chi connectivity index (χ0v) is 11.8. The highest BCUT2D eigenvalue weighted by molar-refractivity contribution is 5.99. The van der Waals surface area contributed by atoms with Crippen molar-refractivity contribution < 1.29 is 19.1 Å². The number of ether oxygens (including phenoxy) is 2. The molecule has 1 aromatic rings. The molecule has 5 heteroatoms. The van der Waals surface area contributed by atoms with Crippen LogP contribution in [0.3, 0.4) is 0 Å². The second-order valence-corrected chi connectivity index (χ2v) is 5.19. The normalized spacial score (nSPS) is 22.1. The number of carbonyl (C=O) groups excluding carboxylic acids is 2. The standard InChI is InChI=1S/C15H19NO4/c1-10-3-5-11(6-4-10)20-14-13(9-17)12(7-8-16-14)15(18)19-2/h7-11H,3-6H2,1-2H3/t10-,11-. The first kappa shape index (κ1) is 14.5. The average Bonchev–Trinajstić information content (AvgIpc) is 2.48. The third-order valence-electron chi connectivity index (χ3n) is 3.72. The van der Waals surface area contributed by atoms with Crippen molar-refractivity contribution in [1.82, 2.24) is 4.98 Å². The van der Waals surface area contributed by atoms with Crippen molar-refractivity contribution in [3.63, 3.8) is 0 Å². The van der Waals surface area contributed by atoms with Gasteiger partial charge in [-0.3, -0.25) is 4.79 Å². The van der Waals surface area contributed by atoms with Crippen molar-refractivity contribution in [1.29, 1.82) is 0 Å². The first-order chi connectivity index (χ1) is 9.65. The van der Waals surface area contributed by atoms with Crippen LogP contribution in [0.25, 0.3) is 0 Å². The van der Waals surface area contributed by atoms with Gasteiger partial charge in [0.15, 0.2) is 6.29 Å². The molecule has 1 saturated carbocycles. The Morgan fingerprint density at radius 3 is 2.65 bits per heavy atom. The minimum atomic E-state index is -0.559. The first-order valence-electron chi connectivity index (χ1n) is 6.84. The molecular formula is C15H19NO4. The van der Waals surface area contributed by atoms with Crippen LogP contribution in [0, 0.1) is 5.92 Å². The Labute approximate surface area is 118 Å². The quantitative estimate of drug-likeness (QED) is 0.625. The molecule has 0 spiro atoms. The molecule has 1 heterocycles. The van der Waals surface area contributed by atoms with Gasteiger partial charge in [0.05, 0.1) is 18.2 Å². The number of aldehydes is 1. The minimum absolute atomic E-state index is 0.0605. The fourth-order valence-corrected chi connectivity index (χ4v) is 2.46. The molecule has 0 unspecified atom stereocenters. The van der Waals surface area contributed by atoms with Gasteiger partial charge in [0.2, 0.25) is 5.88 Å². The van der Waals surface area contributed by atoms with Gasteiger partial charge in [-0.15, -0.1) is 0 Å². The lowest BCUT2D eigenvalue weighted by Crippen LogP contribution is -2.24. The number of esters is 1. The zero-order valence-electron chi connectivity index (χ0n) is 11.8. The van der Waals surface area contributed by atoms with Crippen LogP contribution >= 0.6 is 0 Å². The molecule has 1 aliphatic carbocycles. The van der Waals surface area contributed by atoms with E-state index >= 15 is 0 Å². The molecule has 0 bridgehead atoms. The maximum absolute atomic E-state index is 11.6. The maximum Gasteiger partial charge on any atom is 0.338 e. The van der Waals surface area contributed by atoms with Crippen LogP contribution in [0.4, 0.5) is 0 Å². The van der Waals surface area contributed by atoms with Gasteiger partial charge >= 0.3 is 5.97 Å². The molecular weight excluding hydrogens is 258 g/mol. The molecule has 0 aromatic carbocycles. The second-order valence-electron chi connectivity index (χ2n) is 5.19. The summed E-state index contributed by atoms with van der Waals surface area (Å²) in [6.45, 7) is 2.23. The van der Waals surface area contributed by atoms with Gasteiger partial charge in [0.25, 0.3) is 0 Å². The maximum atomic E-state index is 11.6. The van der Waals surface area contributed by atoms with Gasteiger partial charge < -0.3 is 9.47 Å². The Kier molecular flexibility index (Phi) is 4.71. The van der Waals surface area contributed by atoms with Crippen molar-refractivity contribution in [3.8, 4) is 5.88 Å². The van der Waals surface area contributed by atoms with E-state index in [0.717, 1.165) is 31.6 Å². The van der Waals surface area contributed by atoms with E-state index in [1.165, 1.54) is 19.4 Å². The predicted molar refractivity (Wildman–Crippen MR) is 73.0 cm³/mol. The zero-order chi connectivity index (χ0) is 14.5. The highest BCUT2D eigenvalue weighted by Crippen LogP contribution is 2.28. The molecule has 20 heavy (non-hydrogen) atoms. The largest absolute Gasteiger partial charge is 0.474 e. The number of rotatable bonds is 4. The first-order valence-corrected chi connectivity index (χ1v) is 6.84. The number of pyridine rings is 1. The molecule has 0 radical (unpaired) electrons. The van der Waals surface area contributed by atoms with Crippen LogP contribution in [0.5, 0.6) is 5.88 Å². The number of carbonyl (C=O) groups is 2. The Morgan fingerprint density at radius 1 is 1.35 bits per heavy atom. The third-order valence-corrected chi connectivity index (χ3v) is 3.72. The SMILES string of the molecule is COC(=O)c1ccnc(O[C@H]2CC[C@H](C)CC2)c1C=O. The highest BCUT2D eigenvalue weighted by atomic mass is 16.5. The van der Waals surface area contributed by atoms with E-state index < -0.39 is 5.97 Å². The molecule has 5 nitrogen and oxygen atoms in total. The summed E-state index contributed by atoms with van der Waals surface area (Å²) in [6, 6.07) is 1.46. The average molecular weight is 277 g/mol. The molecule has 108 valence electrons. The smallest absolute Gasteiger partial charge is 0.338 e. The Morgan fingerprint density at radius 2 is 2.05 bits per heavy atom. The van der Waals surface area contributed by atoms with Gasteiger partial charge in [-0.05, 0) is 37.7 Å². The van der Waals surface area contributed by atoms with Crippen LogP contribution in [-0.2, 0) is 4.74 Å². The molecule has 0 N–H and O–H groups in total. The fraction of sp³-hybridized carbons (Fsp3) is 0.533. The fourth-order valence-electron chi connectivity index (χ4n) is 2.46. The predicted octanol–water partition coefficient (Wildman–Crippen LogP) is 2.64. The van der Waals surface area contributed by atoms with E-state index in [0.29, 0.717) is 6.29 Å². The monoisotopic (exact) mass is 277 g/mol. The van der Waals surface area contributed by atoms with E-state index in [2.05, 4.69) is 16.6 Å². The van der Waals surface area contributed by atoms with Crippen molar-refractivity contribution in [2.24, 2.45) is 5.92 Å². The summed E-state index contributed by atoms with van der Waals surface area (Å²) in [5.74, 6) is 0.383. The minimum Gasteiger partial charge on any atom is -0.474 e. The number of hydrogen-bond acceptors (Lipinski definition) is 5. The van der Waals surface area contributed by atoms with E-state index in [1.54, 1.807) is 0 Å². The summed E-state index contributed by atoms with van der Waals surface area (Å²) in [4.78, 5) is 26.9. The number of aromatic nitrogens is 1. The van der Waals surface area contributed by atoms with Gasteiger partial charge in [-0.1, -0.05) is 6.92 Å². The summed E-state index contributed by atoms with van der Waals surface area (Å²) in [6.07, 6.45) is 6.23. The van der Waals surface area contributed by atoms with E-state index in [1.807, 2.05) is 0 Å². The van der Waals surface area contributed by atoms with Gasteiger partial charge in [-0.25, -0.2) is 9.78 Å². The summed E-state index contributed by atoms with van der Waals surface area (Å²) < 4.78 is 10.5. The van der Waals surface area contributed by atoms with Crippen molar-refractivity contribution in [2.45, 2.75) is 38.7 Å². The van der Waals surface area contributed by atoms with E-state index in [4.69, 9.17) is 4.74 Å². The highest BCUT2D eigenvalue weighted by Gasteiger charge is 2.23. The van der Waals surface area contributed by atoms with Crippen LogP contribution in [0.2, 0.25) is 0 Å². The summed E-state index contributed by atoms with van der Waals surface area (Å²) in [5.41, 5.74) is 0.356. The molecule has 2 rings (SSSR count). The molecule has 0 aliphatic heterocycles. The molecule has 1 fully saturated rings. The van der Waals surface area contributed by atoms with Crippen molar-refractivity contribution in [2.75, 3.05) is 7.11 Å². The third kappa shape index (κ3) is 3.15. The Hall–Kier alpha value is -1.91. The second kappa shape index (κ2) is 6.50. The van der Waals surface area contributed by atoms with Crippen molar-refractivity contribution in [3.05, 3.63) is 23.4 Å². The summed E-state index contributed by atoms with van der Waals surface area (Å²) in [5, 5.41) is 0. The Balaban J connectivity index is 2.19. The lowest BCUT2D eigenvalue weighted by Gasteiger charge is -2.26. The van der Waals surface area contributed by atoms with Gasteiger partial charge in [0.1, 0.15) is 6.10 Å². The van der Waals surface area contributed by atoms with E-state index in [9.17, 15) is 9.59 Å². The lowest BCUT2D eigenvalue weighted by molar-refractivity contribution is 0.0596. The number of methoxy groups -OCH3 is 1. The van der Waals surface area contributed by atoms with Crippen LogP contribution in [-0.4, -0.2) is 30.5 Å². The molecule has 0 amide bonds. The number of nitrogens with zero attached hydrogens (tertiary/aromatic N) is 1. The molecule has 0 atom stereocenters. The molecule has 0 saturated heterocycles. The molecule has 1 aliphatic rings. The van der Waals surface area contributed by atoms with Crippen LogP contribution in [0.15, 0.2) is 12.3 Å². The van der Waals surface area contributed by atoms with Crippen LogP contribution in [0.1, 0.15) is 53.3 Å². The Bertz CT molecular complexity index is 493. The summed E-state index contributed by atoms with van der Waals surface area (Å²) in [7, 11) is 1.28.